The fraction of sp³-hybridized carbons (Fsp3) is 0.480. The fourth-order valence-electron chi connectivity index (χ4n) is 4.28. The van der Waals surface area contributed by atoms with Gasteiger partial charge in [-0.1, -0.05) is 49.7 Å². The summed E-state index contributed by atoms with van der Waals surface area (Å²) in [6.07, 6.45) is 9.53. The average molecular weight is 379 g/mol. The number of carbonyl (C=O) groups excluding carboxylic acids is 1. The monoisotopic (exact) mass is 378 g/mol. The maximum absolute atomic E-state index is 11.3. The van der Waals surface area contributed by atoms with E-state index in [2.05, 4.69) is 60.0 Å². The van der Waals surface area contributed by atoms with Crippen molar-refractivity contribution in [3.63, 3.8) is 0 Å². The van der Waals surface area contributed by atoms with E-state index in [9.17, 15) is 4.79 Å². The molecule has 28 heavy (non-hydrogen) atoms. The number of hydrogen-bond donors (Lipinski definition) is 2. The van der Waals surface area contributed by atoms with Crippen LogP contribution in [0.4, 0.5) is 5.69 Å². The van der Waals surface area contributed by atoms with Crippen LogP contribution in [0.3, 0.4) is 0 Å². The predicted octanol–water partition coefficient (Wildman–Crippen LogP) is 5.28. The van der Waals surface area contributed by atoms with Crippen LogP contribution in [0, 0.1) is 0 Å². The molecule has 0 heterocycles. The number of rotatable bonds is 9. The third-order valence-electron chi connectivity index (χ3n) is 5.83. The molecule has 3 rings (SSSR count). The molecular weight excluding hydrogens is 344 g/mol. The van der Waals surface area contributed by atoms with Crippen molar-refractivity contribution in [1.29, 1.82) is 0 Å². The molecule has 0 spiro atoms. The molecule has 1 amide bonds. The van der Waals surface area contributed by atoms with Crippen LogP contribution in [0.2, 0.25) is 0 Å². The molecule has 0 radical (unpaired) electrons. The average Bonchev–Trinajstić information content (AvgIpc) is 2.70. The van der Waals surface area contributed by atoms with Gasteiger partial charge in [-0.15, -0.1) is 0 Å². The number of carbonyl (C=O) groups is 1. The fourth-order valence-corrected chi connectivity index (χ4v) is 4.28. The van der Waals surface area contributed by atoms with Crippen LogP contribution in [-0.4, -0.2) is 18.0 Å². The smallest absolute Gasteiger partial charge is 0.221 e. The number of aryl methyl sites for hydroxylation is 2. The van der Waals surface area contributed by atoms with Crippen LogP contribution in [-0.2, 0) is 24.1 Å². The van der Waals surface area contributed by atoms with Gasteiger partial charge in [0.25, 0.3) is 0 Å². The first-order valence-electron chi connectivity index (χ1n) is 10.8. The summed E-state index contributed by atoms with van der Waals surface area (Å²) in [6, 6.07) is 18.3. The van der Waals surface area contributed by atoms with Gasteiger partial charge < -0.3 is 10.6 Å². The zero-order chi connectivity index (χ0) is 19.8. The van der Waals surface area contributed by atoms with Crippen LogP contribution in [0.5, 0.6) is 0 Å². The molecule has 2 unspecified atom stereocenters. The Balaban J connectivity index is 1.46. The van der Waals surface area contributed by atoms with Crippen molar-refractivity contribution in [1.82, 2.24) is 5.32 Å². The van der Waals surface area contributed by atoms with Gasteiger partial charge in [0.15, 0.2) is 0 Å². The lowest BCUT2D eigenvalue weighted by molar-refractivity contribution is -0.114. The second-order valence-electron chi connectivity index (χ2n) is 8.11. The van der Waals surface area contributed by atoms with E-state index in [-0.39, 0.29) is 5.91 Å². The van der Waals surface area contributed by atoms with Gasteiger partial charge in [-0.3, -0.25) is 4.79 Å². The van der Waals surface area contributed by atoms with E-state index in [0.717, 1.165) is 18.5 Å². The van der Waals surface area contributed by atoms with Gasteiger partial charge in [-0.25, -0.2) is 0 Å². The molecule has 2 aromatic rings. The Morgan fingerprint density at radius 1 is 1.11 bits per heavy atom. The number of fused-ring (bicyclic) bond motifs is 1. The number of amides is 1. The molecule has 2 N–H and O–H groups in total. The molecule has 0 aromatic heterocycles. The van der Waals surface area contributed by atoms with Gasteiger partial charge in [0.1, 0.15) is 0 Å². The third kappa shape index (κ3) is 6.20. The summed E-state index contributed by atoms with van der Waals surface area (Å²) >= 11 is 0. The van der Waals surface area contributed by atoms with E-state index >= 15 is 0 Å². The van der Waals surface area contributed by atoms with Crippen LogP contribution in [0.15, 0.2) is 48.5 Å². The Hall–Kier alpha value is -2.13. The van der Waals surface area contributed by atoms with E-state index < -0.39 is 0 Å². The first-order valence-corrected chi connectivity index (χ1v) is 10.8. The standard InChI is InChI=1S/C25H34N2O/c1-3-23(12-8-7-11-20-9-5-4-6-10-20)27-25-16-14-21-13-15-24(26-19(2)28)17-22(21)18-25/h4-6,9-10,13,15,17,23,25,27H,3,7-8,11-12,14,16,18H2,1-2H3,(H,26,28). The highest BCUT2D eigenvalue weighted by molar-refractivity contribution is 5.88. The first kappa shape index (κ1) is 20.6. The van der Waals surface area contributed by atoms with E-state index in [4.69, 9.17) is 0 Å². The summed E-state index contributed by atoms with van der Waals surface area (Å²) < 4.78 is 0. The van der Waals surface area contributed by atoms with Crippen molar-refractivity contribution in [2.24, 2.45) is 0 Å². The van der Waals surface area contributed by atoms with Crippen LogP contribution >= 0.6 is 0 Å². The van der Waals surface area contributed by atoms with Gasteiger partial charge in [0.05, 0.1) is 0 Å². The Bertz CT molecular complexity index is 756. The number of unbranched alkanes of at least 4 members (excludes halogenated alkanes) is 1. The summed E-state index contributed by atoms with van der Waals surface area (Å²) in [6.45, 7) is 3.86. The van der Waals surface area contributed by atoms with Crippen molar-refractivity contribution in [3.05, 3.63) is 65.2 Å². The Morgan fingerprint density at radius 3 is 2.68 bits per heavy atom. The molecule has 1 aliphatic carbocycles. The summed E-state index contributed by atoms with van der Waals surface area (Å²) in [5, 5.41) is 6.83. The van der Waals surface area contributed by atoms with Crippen molar-refractivity contribution >= 4 is 11.6 Å². The lowest BCUT2D eigenvalue weighted by Crippen LogP contribution is -2.41. The first-order chi connectivity index (χ1) is 13.6. The van der Waals surface area contributed by atoms with Gasteiger partial charge >= 0.3 is 0 Å². The molecule has 2 aromatic carbocycles. The van der Waals surface area contributed by atoms with E-state index in [1.165, 1.54) is 55.2 Å². The molecule has 150 valence electrons. The number of hydrogen-bond acceptors (Lipinski definition) is 2. The maximum atomic E-state index is 11.3. The number of benzene rings is 2. The van der Waals surface area contributed by atoms with Gasteiger partial charge in [0.2, 0.25) is 5.91 Å². The zero-order valence-electron chi connectivity index (χ0n) is 17.3. The molecule has 0 saturated heterocycles. The summed E-state index contributed by atoms with van der Waals surface area (Å²) in [7, 11) is 0. The Kier molecular flexibility index (Phi) is 7.67. The number of anilines is 1. The minimum absolute atomic E-state index is 0.00742. The van der Waals surface area contributed by atoms with Gasteiger partial charge in [-0.2, -0.15) is 0 Å². The van der Waals surface area contributed by atoms with Crippen LogP contribution < -0.4 is 10.6 Å². The molecule has 0 bridgehead atoms. The molecular formula is C25H34N2O. The van der Waals surface area contributed by atoms with Crippen LogP contribution in [0.25, 0.3) is 0 Å². The van der Waals surface area contributed by atoms with Gasteiger partial charge in [-0.05, 0) is 73.8 Å². The Morgan fingerprint density at radius 2 is 1.93 bits per heavy atom. The molecule has 3 nitrogen and oxygen atoms in total. The highest BCUT2D eigenvalue weighted by Gasteiger charge is 2.21. The largest absolute Gasteiger partial charge is 0.326 e. The second kappa shape index (κ2) is 10.4. The van der Waals surface area contributed by atoms with Gasteiger partial charge in [0, 0.05) is 24.7 Å². The van der Waals surface area contributed by atoms with Crippen LogP contribution in [0.1, 0.15) is 62.6 Å². The summed E-state index contributed by atoms with van der Waals surface area (Å²) in [5.74, 6) is -0.00742. The lowest BCUT2D eigenvalue weighted by atomic mass is 9.87. The van der Waals surface area contributed by atoms with E-state index in [1.807, 2.05) is 6.07 Å². The Labute approximate surface area is 169 Å². The quantitative estimate of drug-likeness (QED) is 0.583. The topological polar surface area (TPSA) is 41.1 Å². The molecule has 0 fully saturated rings. The molecule has 0 saturated carbocycles. The summed E-state index contributed by atoms with van der Waals surface area (Å²) in [4.78, 5) is 11.3. The van der Waals surface area contributed by atoms with E-state index in [0.29, 0.717) is 12.1 Å². The predicted molar refractivity (Wildman–Crippen MR) is 118 cm³/mol. The van der Waals surface area contributed by atoms with E-state index in [1.54, 1.807) is 6.92 Å². The normalized spacial score (nSPS) is 17.0. The highest BCUT2D eigenvalue weighted by atomic mass is 16.1. The minimum Gasteiger partial charge on any atom is -0.326 e. The molecule has 1 aliphatic rings. The second-order valence-corrected chi connectivity index (χ2v) is 8.11. The highest BCUT2D eigenvalue weighted by Crippen LogP contribution is 2.25. The minimum atomic E-state index is -0.00742. The number of nitrogens with one attached hydrogen (secondary N) is 2. The SMILES string of the molecule is CCC(CCCCc1ccccc1)NC1CCc2ccc(NC(C)=O)cc2C1. The molecule has 0 aliphatic heterocycles. The van der Waals surface area contributed by atoms with Crippen molar-refractivity contribution in [3.8, 4) is 0 Å². The molecule has 2 atom stereocenters. The van der Waals surface area contributed by atoms with Crippen molar-refractivity contribution < 1.29 is 4.79 Å². The van der Waals surface area contributed by atoms with Crippen molar-refractivity contribution in [2.75, 3.05) is 5.32 Å². The zero-order valence-corrected chi connectivity index (χ0v) is 17.3. The molecule has 3 heteroatoms. The lowest BCUT2D eigenvalue weighted by Gasteiger charge is -2.30. The summed E-state index contributed by atoms with van der Waals surface area (Å²) in [5.41, 5.74) is 5.18. The maximum Gasteiger partial charge on any atom is 0.221 e. The van der Waals surface area contributed by atoms with Crippen molar-refractivity contribution in [2.45, 2.75) is 77.3 Å². The third-order valence-corrected chi connectivity index (χ3v) is 5.83.